The van der Waals surface area contributed by atoms with Crippen LogP contribution in [0.2, 0.25) is 0 Å². The number of carbonyl (C=O) groups excluding carboxylic acids is 1. The van der Waals surface area contributed by atoms with Crippen LogP contribution in [0.3, 0.4) is 0 Å². The van der Waals surface area contributed by atoms with Crippen LogP contribution in [-0.4, -0.2) is 44.1 Å². The van der Waals surface area contributed by atoms with Crippen LogP contribution >= 0.6 is 0 Å². The number of nitrogens with zero attached hydrogens (tertiary/aromatic N) is 1. The third-order valence-electron chi connectivity index (χ3n) is 4.33. The van der Waals surface area contributed by atoms with Gasteiger partial charge in [0.05, 0.1) is 18.3 Å². The minimum Gasteiger partial charge on any atom is -0.469 e. The summed E-state index contributed by atoms with van der Waals surface area (Å²) in [6.45, 7) is 0. The molecule has 0 heterocycles. The second-order valence-electron chi connectivity index (χ2n) is 5.24. The minimum atomic E-state index is -3.37. The molecule has 6 heteroatoms. The molecular formula is C12H21NO4S. The van der Waals surface area contributed by atoms with Crippen molar-refractivity contribution in [3.05, 3.63) is 0 Å². The first kappa shape index (κ1) is 13.8. The van der Waals surface area contributed by atoms with E-state index in [-0.39, 0.29) is 12.0 Å². The van der Waals surface area contributed by atoms with E-state index in [0.717, 1.165) is 25.7 Å². The molecule has 2 aliphatic rings. The molecule has 2 rings (SSSR count). The Morgan fingerprint density at radius 3 is 2.28 bits per heavy atom. The highest BCUT2D eigenvalue weighted by Crippen LogP contribution is 2.36. The molecule has 2 unspecified atom stereocenters. The van der Waals surface area contributed by atoms with Gasteiger partial charge in [-0.3, -0.25) is 4.79 Å². The lowest BCUT2D eigenvalue weighted by Gasteiger charge is -2.36. The van der Waals surface area contributed by atoms with E-state index in [9.17, 15) is 13.2 Å². The molecular weight excluding hydrogens is 254 g/mol. The fourth-order valence-electron chi connectivity index (χ4n) is 2.88. The zero-order valence-corrected chi connectivity index (χ0v) is 11.8. The van der Waals surface area contributed by atoms with Gasteiger partial charge in [0.25, 0.3) is 0 Å². The first-order valence-electron chi connectivity index (χ1n) is 6.53. The molecule has 2 fully saturated rings. The highest BCUT2D eigenvalue weighted by molar-refractivity contribution is 7.89. The molecule has 0 N–H and O–H groups in total. The van der Waals surface area contributed by atoms with E-state index in [1.165, 1.54) is 11.4 Å². The average Bonchev–Trinajstić information content (AvgIpc) is 2.74. The average molecular weight is 275 g/mol. The number of esters is 1. The molecule has 2 saturated carbocycles. The topological polar surface area (TPSA) is 63.7 Å². The fourth-order valence-corrected chi connectivity index (χ4v) is 5.06. The maximum atomic E-state index is 12.5. The van der Waals surface area contributed by atoms with Crippen molar-refractivity contribution in [1.29, 1.82) is 0 Å². The Morgan fingerprint density at radius 2 is 1.78 bits per heavy atom. The highest BCUT2D eigenvalue weighted by atomic mass is 32.2. The number of rotatable bonds is 4. The molecule has 0 aromatic heterocycles. The molecule has 0 saturated heterocycles. The van der Waals surface area contributed by atoms with E-state index in [0.29, 0.717) is 12.8 Å². The third kappa shape index (κ3) is 2.28. The zero-order chi connectivity index (χ0) is 13.3. The highest BCUT2D eigenvalue weighted by Gasteiger charge is 2.45. The van der Waals surface area contributed by atoms with Crippen LogP contribution in [0.25, 0.3) is 0 Å². The van der Waals surface area contributed by atoms with Gasteiger partial charge in [-0.1, -0.05) is 12.8 Å². The van der Waals surface area contributed by atoms with Crippen LogP contribution in [0.5, 0.6) is 0 Å². The lowest BCUT2D eigenvalue weighted by molar-refractivity contribution is -0.145. The van der Waals surface area contributed by atoms with Gasteiger partial charge in [-0.2, -0.15) is 0 Å². The van der Waals surface area contributed by atoms with E-state index >= 15 is 0 Å². The van der Waals surface area contributed by atoms with Gasteiger partial charge in [0.15, 0.2) is 0 Å². The van der Waals surface area contributed by atoms with Gasteiger partial charge in [0.2, 0.25) is 10.0 Å². The molecule has 0 amide bonds. The van der Waals surface area contributed by atoms with Gasteiger partial charge in [-0.25, -0.2) is 12.7 Å². The van der Waals surface area contributed by atoms with Crippen LogP contribution in [0, 0.1) is 5.92 Å². The van der Waals surface area contributed by atoms with Crippen molar-refractivity contribution >= 4 is 16.0 Å². The summed E-state index contributed by atoms with van der Waals surface area (Å²) in [6.07, 6.45) is 4.93. The normalized spacial score (nSPS) is 29.3. The Kier molecular flexibility index (Phi) is 3.96. The largest absolute Gasteiger partial charge is 0.469 e. The summed E-state index contributed by atoms with van der Waals surface area (Å²) < 4.78 is 31.2. The van der Waals surface area contributed by atoms with Crippen LogP contribution in [0.15, 0.2) is 0 Å². The van der Waals surface area contributed by atoms with Crippen LogP contribution in [0.1, 0.15) is 38.5 Å². The Bertz CT molecular complexity index is 416. The quantitative estimate of drug-likeness (QED) is 0.722. The first-order valence-corrected chi connectivity index (χ1v) is 8.03. The SMILES string of the molecule is COC(=O)C1CCCC1S(=O)(=O)N(C)C1CCC1. The molecule has 0 aliphatic heterocycles. The Hall–Kier alpha value is -0.620. The number of hydrogen-bond donors (Lipinski definition) is 0. The lowest BCUT2D eigenvalue weighted by Crippen LogP contribution is -2.47. The fraction of sp³-hybridized carbons (Fsp3) is 0.917. The van der Waals surface area contributed by atoms with Crippen LogP contribution in [0.4, 0.5) is 0 Å². The molecule has 5 nitrogen and oxygen atoms in total. The first-order chi connectivity index (χ1) is 8.48. The second kappa shape index (κ2) is 5.17. The van der Waals surface area contributed by atoms with Crippen LogP contribution in [-0.2, 0) is 19.6 Å². The predicted molar refractivity (Wildman–Crippen MR) is 67.5 cm³/mol. The summed E-state index contributed by atoms with van der Waals surface area (Å²) in [7, 11) is -0.406. The zero-order valence-electron chi connectivity index (χ0n) is 11.0. The monoisotopic (exact) mass is 275 g/mol. The van der Waals surface area contributed by atoms with E-state index in [2.05, 4.69) is 0 Å². The van der Waals surface area contributed by atoms with E-state index in [1.807, 2.05) is 0 Å². The van der Waals surface area contributed by atoms with Crippen molar-refractivity contribution in [2.45, 2.75) is 49.8 Å². The van der Waals surface area contributed by atoms with Gasteiger partial charge in [0.1, 0.15) is 0 Å². The van der Waals surface area contributed by atoms with Crippen molar-refractivity contribution < 1.29 is 17.9 Å². The Labute approximate surface area is 109 Å². The second-order valence-corrected chi connectivity index (χ2v) is 7.46. The minimum absolute atomic E-state index is 0.133. The maximum absolute atomic E-state index is 12.5. The number of hydrogen-bond acceptors (Lipinski definition) is 4. The van der Waals surface area contributed by atoms with Gasteiger partial charge >= 0.3 is 5.97 Å². The van der Waals surface area contributed by atoms with Crippen molar-refractivity contribution in [3.8, 4) is 0 Å². The molecule has 104 valence electrons. The molecule has 0 radical (unpaired) electrons. The van der Waals surface area contributed by atoms with E-state index in [4.69, 9.17) is 4.74 Å². The summed E-state index contributed by atoms with van der Waals surface area (Å²) in [5, 5.41) is -0.587. The predicted octanol–water partition coefficient (Wildman–Crippen LogP) is 1.14. The van der Waals surface area contributed by atoms with Crippen molar-refractivity contribution in [3.63, 3.8) is 0 Å². The molecule has 0 aromatic carbocycles. The number of ether oxygens (including phenoxy) is 1. The third-order valence-corrected chi connectivity index (χ3v) is 6.76. The molecule has 0 aromatic rings. The number of carbonyl (C=O) groups is 1. The molecule has 0 spiro atoms. The van der Waals surface area contributed by atoms with Crippen molar-refractivity contribution in [2.24, 2.45) is 5.92 Å². The molecule has 2 atom stereocenters. The number of sulfonamides is 1. The Morgan fingerprint density at radius 1 is 1.17 bits per heavy atom. The van der Waals surface area contributed by atoms with E-state index < -0.39 is 21.2 Å². The van der Waals surface area contributed by atoms with Gasteiger partial charge in [0, 0.05) is 13.1 Å². The smallest absolute Gasteiger partial charge is 0.310 e. The van der Waals surface area contributed by atoms with Gasteiger partial charge < -0.3 is 4.74 Å². The van der Waals surface area contributed by atoms with Gasteiger partial charge in [-0.05, 0) is 25.7 Å². The summed E-state index contributed by atoms with van der Waals surface area (Å²) in [5.74, 6) is -0.870. The summed E-state index contributed by atoms with van der Waals surface area (Å²) >= 11 is 0. The van der Waals surface area contributed by atoms with Crippen LogP contribution < -0.4 is 0 Å². The summed E-state index contributed by atoms with van der Waals surface area (Å²) in [5.41, 5.74) is 0. The summed E-state index contributed by atoms with van der Waals surface area (Å²) in [4.78, 5) is 11.6. The van der Waals surface area contributed by atoms with Crippen molar-refractivity contribution in [2.75, 3.05) is 14.2 Å². The maximum Gasteiger partial charge on any atom is 0.310 e. The Balaban J connectivity index is 2.15. The molecule has 0 bridgehead atoms. The van der Waals surface area contributed by atoms with Crippen molar-refractivity contribution in [1.82, 2.24) is 4.31 Å². The standard InChI is InChI=1S/C12H21NO4S/c1-13(9-5-3-6-9)18(15,16)11-8-4-7-10(11)12(14)17-2/h9-11H,3-8H2,1-2H3. The molecule has 18 heavy (non-hydrogen) atoms. The lowest BCUT2D eigenvalue weighted by atomic mass is 9.93. The van der Waals surface area contributed by atoms with Gasteiger partial charge in [-0.15, -0.1) is 0 Å². The van der Waals surface area contributed by atoms with E-state index in [1.54, 1.807) is 7.05 Å². The molecule has 2 aliphatic carbocycles. The number of methoxy groups -OCH3 is 1. The summed E-state index contributed by atoms with van der Waals surface area (Å²) in [6, 6.07) is 0.133.